The number of benzene rings is 2. The number of para-hydroxylation sites is 1. The highest BCUT2D eigenvalue weighted by atomic mass is 32.1. The van der Waals surface area contributed by atoms with E-state index in [-0.39, 0.29) is 24.7 Å². The molecule has 0 unspecified atom stereocenters. The van der Waals surface area contributed by atoms with Gasteiger partial charge in [0.05, 0.1) is 30.3 Å². The number of thiazole rings is 1. The number of ether oxygens (including phenoxy) is 1. The van der Waals surface area contributed by atoms with Crippen LogP contribution < -0.4 is 9.54 Å². The van der Waals surface area contributed by atoms with Gasteiger partial charge in [0.1, 0.15) is 11.6 Å². The average molecular weight is 368 g/mol. The highest BCUT2D eigenvalue weighted by Crippen LogP contribution is 2.21. The Labute approximate surface area is 154 Å². The van der Waals surface area contributed by atoms with Crippen molar-refractivity contribution in [3.05, 3.63) is 58.1 Å². The van der Waals surface area contributed by atoms with Crippen LogP contribution in [0.5, 0.6) is 5.75 Å². The van der Waals surface area contributed by atoms with Gasteiger partial charge in [-0.1, -0.05) is 35.5 Å². The number of fused-ring (bicyclic) bond motifs is 1. The minimum Gasteiger partial charge on any atom is -0.496 e. The largest absolute Gasteiger partial charge is 0.496 e. The van der Waals surface area contributed by atoms with Gasteiger partial charge in [-0.05, 0) is 36.2 Å². The lowest BCUT2D eigenvalue weighted by Gasteiger charge is -2.06. The number of methoxy groups -OCH3 is 1. The number of nitrogens with zero attached hydrogens (tertiary/aromatic N) is 2. The molecule has 0 aliphatic carbocycles. The fraction of sp³-hybridized carbons (Fsp3) is 0.200. The van der Waals surface area contributed by atoms with Crippen molar-refractivity contribution in [2.45, 2.75) is 19.9 Å². The summed E-state index contributed by atoms with van der Waals surface area (Å²) in [6.45, 7) is 2.06. The SMILES string of the molecule is C#CCn1c(=NC(=O)Cc2ccc(OC)c(C)c2)sc2cccc(F)c21. The van der Waals surface area contributed by atoms with Gasteiger partial charge < -0.3 is 9.30 Å². The normalized spacial score (nSPS) is 11.5. The van der Waals surface area contributed by atoms with E-state index in [9.17, 15) is 9.18 Å². The van der Waals surface area contributed by atoms with Gasteiger partial charge in [-0.15, -0.1) is 6.42 Å². The maximum absolute atomic E-state index is 14.2. The summed E-state index contributed by atoms with van der Waals surface area (Å²) in [7, 11) is 1.60. The number of carbonyl (C=O) groups excluding carboxylic acids is 1. The number of hydrogen-bond acceptors (Lipinski definition) is 3. The molecule has 0 radical (unpaired) electrons. The minimum absolute atomic E-state index is 0.148. The molecule has 4 nitrogen and oxygen atoms in total. The van der Waals surface area contributed by atoms with Gasteiger partial charge in [-0.25, -0.2) is 4.39 Å². The lowest BCUT2D eigenvalue weighted by Crippen LogP contribution is -2.17. The van der Waals surface area contributed by atoms with E-state index in [1.165, 1.54) is 17.4 Å². The monoisotopic (exact) mass is 368 g/mol. The number of aromatic nitrogens is 1. The summed E-state index contributed by atoms with van der Waals surface area (Å²) in [4.78, 5) is 17.0. The summed E-state index contributed by atoms with van der Waals surface area (Å²) in [5, 5.41) is 0. The molecule has 0 bridgehead atoms. The lowest BCUT2D eigenvalue weighted by atomic mass is 10.1. The fourth-order valence-electron chi connectivity index (χ4n) is 2.78. The van der Waals surface area contributed by atoms with Crippen molar-refractivity contribution < 1.29 is 13.9 Å². The van der Waals surface area contributed by atoms with Crippen LogP contribution in [-0.4, -0.2) is 17.6 Å². The number of carbonyl (C=O) groups is 1. The van der Waals surface area contributed by atoms with Crippen LogP contribution in [0, 0.1) is 25.1 Å². The zero-order valence-electron chi connectivity index (χ0n) is 14.5. The number of terminal acetylenes is 1. The average Bonchev–Trinajstić information content (AvgIpc) is 2.94. The van der Waals surface area contributed by atoms with Crippen molar-refractivity contribution in [2.24, 2.45) is 4.99 Å². The summed E-state index contributed by atoms with van der Waals surface area (Å²) in [5.41, 5.74) is 2.17. The third-order valence-corrected chi connectivity index (χ3v) is 4.98. The molecule has 0 aliphatic rings. The van der Waals surface area contributed by atoms with Crippen molar-refractivity contribution in [3.8, 4) is 18.1 Å². The second kappa shape index (κ2) is 7.54. The van der Waals surface area contributed by atoms with Gasteiger partial charge in [0.15, 0.2) is 4.80 Å². The van der Waals surface area contributed by atoms with E-state index in [1.54, 1.807) is 23.8 Å². The van der Waals surface area contributed by atoms with E-state index >= 15 is 0 Å². The van der Waals surface area contributed by atoms with Crippen molar-refractivity contribution >= 4 is 27.5 Å². The van der Waals surface area contributed by atoms with Crippen molar-refractivity contribution in [2.75, 3.05) is 7.11 Å². The third kappa shape index (κ3) is 3.53. The van der Waals surface area contributed by atoms with Gasteiger partial charge >= 0.3 is 0 Å². The highest BCUT2D eigenvalue weighted by molar-refractivity contribution is 7.16. The maximum atomic E-state index is 14.2. The van der Waals surface area contributed by atoms with Crippen LogP contribution in [-0.2, 0) is 17.8 Å². The molecule has 3 rings (SSSR count). The molecule has 1 aromatic heterocycles. The van der Waals surface area contributed by atoms with E-state index in [0.29, 0.717) is 15.0 Å². The fourth-order valence-corrected chi connectivity index (χ4v) is 3.84. The molecular formula is C20H17FN2O2S. The Balaban J connectivity index is 1.98. The van der Waals surface area contributed by atoms with E-state index in [0.717, 1.165) is 16.9 Å². The van der Waals surface area contributed by atoms with Gasteiger partial charge in [0.25, 0.3) is 5.91 Å². The molecule has 0 saturated heterocycles. The lowest BCUT2D eigenvalue weighted by molar-refractivity contribution is -0.117. The Bertz CT molecular complexity index is 1090. The minimum atomic E-state index is -0.381. The molecule has 0 spiro atoms. The number of aryl methyl sites for hydroxylation is 1. The first-order valence-corrected chi connectivity index (χ1v) is 8.77. The number of amides is 1. The Morgan fingerprint density at radius 3 is 2.88 bits per heavy atom. The molecule has 6 heteroatoms. The molecule has 0 atom stereocenters. The molecule has 0 N–H and O–H groups in total. The van der Waals surface area contributed by atoms with Crippen LogP contribution in [0.4, 0.5) is 4.39 Å². The van der Waals surface area contributed by atoms with Crippen LogP contribution in [0.3, 0.4) is 0 Å². The van der Waals surface area contributed by atoms with Crippen LogP contribution in [0.15, 0.2) is 41.4 Å². The Morgan fingerprint density at radius 2 is 2.19 bits per heavy atom. The summed E-state index contributed by atoms with van der Waals surface area (Å²) < 4.78 is 21.6. The zero-order valence-corrected chi connectivity index (χ0v) is 15.3. The highest BCUT2D eigenvalue weighted by Gasteiger charge is 2.11. The summed E-state index contributed by atoms with van der Waals surface area (Å²) >= 11 is 1.25. The van der Waals surface area contributed by atoms with E-state index in [4.69, 9.17) is 11.2 Å². The molecule has 132 valence electrons. The van der Waals surface area contributed by atoms with Gasteiger partial charge in [0, 0.05) is 0 Å². The molecule has 3 aromatic rings. The van der Waals surface area contributed by atoms with Crippen LogP contribution in [0.25, 0.3) is 10.2 Å². The van der Waals surface area contributed by atoms with E-state index in [2.05, 4.69) is 10.9 Å². The van der Waals surface area contributed by atoms with Gasteiger partial charge in [0.2, 0.25) is 0 Å². The van der Waals surface area contributed by atoms with Crippen LogP contribution in [0.2, 0.25) is 0 Å². The molecule has 0 saturated carbocycles. The second-order valence-electron chi connectivity index (χ2n) is 5.75. The third-order valence-electron chi connectivity index (χ3n) is 3.94. The summed E-state index contributed by atoms with van der Waals surface area (Å²) in [6.07, 6.45) is 5.55. The topological polar surface area (TPSA) is 43.6 Å². The quantitative estimate of drug-likeness (QED) is 0.662. The number of halogens is 1. The van der Waals surface area contributed by atoms with Gasteiger partial charge in [-0.3, -0.25) is 4.79 Å². The second-order valence-corrected chi connectivity index (χ2v) is 6.76. The predicted octanol–water partition coefficient (Wildman–Crippen LogP) is 3.46. The van der Waals surface area contributed by atoms with Crippen molar-refractivity contribution in [3.63, 3.8) is 0 Å². The molecule has 0 aliphatic heterocycles. The zero-order chi connectivity index (χ0) is 18.7. The first kappa shape index (κ1) is 17.9. The molecule has 2 aromatic carbocycles. The molecule has 0 fully saturated rings. The molecule has 26 heavy (non-hydrogen) atoms. The first-order chi connectivity index (χ1) is 12.5. The summed E-state index contributed by atoms with van der Waals surface area (Å²) in [5.74, 6) is 2.57. The first-order valence-electron chi connectivity index (χ1n) is 7.96. The Hall–Kier alpha value is -2.91. The van der Waals surface area contributed by atoms with E-state index < -0.39 is 0 Å². The number of hydrogen-bond donors (Lipinski definition) is 0. The van der Waals surface area contributed by atoms with Crippen molar-refractivity contribution in [1.82, 2.24) is 4.57 Å². The Kier molecular flexibility index (Phi) is 5.19. The van der Waals surface area contributed by atoms with E-state index in [1.807, 2.05) is 25.1 Å². The predicted molar refractivity (Wildman–Crippen MR) is 101 cm³/mol. The smallest absolute Gasteiger partial charge is 0.252 e. The molecular weight excluding hydrogens is 351 g/mol. The molecule has 1 heterocycles. The van der Waals surface area contributed by atoms with Gasteiger partial charge in [-0.2, -0.15) is 4.99 Å². The number of rotatable bonds is 4. The van der Waals surface area contributed by atoms with Crippen LogP contribution in [0.1, 0.15) is 11.1 Å². The standard InChI is InChI=1S/C20H17FN2O2S/c1-4-10-23-19-15(21)6-5-7-17(19)26-20(23)22-18(24)12-14-8-9-16(25-3)13(2)11-14/h1,5-9,11H,10,12H2,2-3H3. The maximum Gasteiger partial charge on any atom is 0.252 e. The Morgan fingerprint density at radius 1 is 1.38 bits per heavy atom. The molecule has 1 amide bonds. The summed E-state index contributed by atoms with van der Waals surface area (Å²) in [6, 6.07) is 10.3. The van der Waals surface area contributed by atoms with Crippen LogP contribution >= 0.6 is 11.3 Å². The van der Waals surface area contributed by atoms with Crippen molar-refractivity contribution in [1.29, 1.82) is 0 Å².